The number of rotatable bonds is 8. The molecule has 2 N–H and O–H groups in total. The van der Waals surface area contributed by atoms with Crippen molar-refractivity contribution < 1.29 is 32.6 Å². The van der Waals surface area contributed by atoms with Crippen LogP contribution in [0.1, 0.15) is 44.0 Å². The van der Waals surface area contributed by atoms with E-state index < -0.39 is 18.7 Å². The van der Waals surface area contributed by atoms with Gasteiger partial charge in [-0.25, -0.2) is 4.98 Å². The zero-order chi connectivity index (χ0) is 22.6. The highest BCUT2D eigenvalue weighted by Crippen LogP contribution is 2.27. The van der Waals surface area contributed by atoms with Crippen molar-refractivity contribution in [3.05, 3.63) is 52.5 Å². The number of ether oxygens (including phenoxy) is 1. The summed E-state index contributed by atoms with van der Waals surface area (Å²) in [6.07, 6.45) is -1.31. The van der Waals surface area contributed by atoms with Crippen LogP contribution in [0.2, 0.25) is 0 Å². The number of aliphatic hydroxyl groups excluding tert-OH is 1. The van der Waals surface area contributed by atoms with Crippen LogP contribution in [0.3, 0.4) is 0 Å². The Morgan fingerprint density at radius 2 is 2.13 bits per heavy atom. The summed E-state index contributed by atoms with van der Waals surface area (Å²) in [5.74, 6) is -0.830. The third-order valence-corrected chi connectivity index (χ3v) is 4.59. The van der Waals surface area contributed by atoms with E-state index in [1.54, 1.807) is 19.1 Å². The van der Waals surface area contributed by atoms with Gasteiger partial charge in [-0.1, -0.05) is 0 Å². The first-order valence-electron chi connectivity index (χ1n) is 9.51. The second kappa shape index (κ2) is 9.29. The third-order valence-electron chi connectivity index (χ3n) is 4.59. The number of fused-ring (bicyclic) bond motifs is 1. The Labute approximate surface area is 176 Å². The van der Waals surface area contributed by atoms with Crippen molar-refractivity contribution in [3.63, 3.8) is 0 Å². The van der Waals surface area contributed by atoms with Gasteiger partial charge in [0, 0.05) is 55.3 Å². The van der Waals surface area contributed by atoms with Crippen molar-refractivity contribution in [3.8, 4) is 5.88 Å². The Morgan fingerprint density at radius 1 is 1.35 bits per heavy atom. The van der Waals surface area contributed by atoms with E-state index in [0.29, 0.717) is 28.7 Å². The zero-order valence-corrected chi connectivity index (χ0v) is 16.7. The fourth-order valence-electron chi connectivity index (χ4n) is 3.20. The first-order chi connectivity index (χ1) is 14.7. The number of carbonyl (C=O) groups is 2. The second-order valence-electron chi connectivity index (χ2n) is 7.05. The number of aryl methyl sites for hydroxylation is 1. The molecule has 0 saturated heterocycles. The van der Waals surface area contributed by atoms with E-state index in [2.05, 4.69) is 15.3 Å². The van der Waals surface area contributed by atoms with Crippen molar-refractivity contribution >= 4 is 11.8 Å². The number of nitrogens with one attached hydrogen (secondary N) is 1. The highest BCUT2D eigenvalue weighted by atomic mass is 19.4. The summed E-state index contributed by atoms with van der Waals surface area (Å²) in [6.45, 7) is 0.687. The lowest BCUT2D eigenvalue weighted by Gasteiger charge is -2.17. The van der Waals surface area contributed by atoms with Gasteiger partial charge in [0.15, 0.2) is 6.61 Å². The molecule has 0 aliphatic carbocycles. The molecule has 0 saturated carbocycles. The topological polar surface area (TPSA) is 105 Å². The molecule has 0 aromatic carbocycles. The lowest BCUT2D eigenvalue weighted by atomic mass is 10.1. The Morgan fingerprint density at radius 3 is 2.81 bits per heavy atom. The predicted octanol–water partition coefficient (Wildman–Crippen LogP) is 1.99. The van der Waals surface area contributed by atoms with E-state index in [1.165, 1.54) is 17.3 Å². The summed E-state index contributed by atoms with van der Waals surface area (Å²) in [4.78, 5) is 34.7. The summed E-state index contributed by atoms with van der Waals surface area (Å²) in [5, 5.41) is 11.5. The van der Waals surface area contributed by atoms with Crippen LogP contribution in [0.25, 0.3) is 0 Å². The molecule has 8 nitrogen and oxygen atoms in total. The van der Waals surface area contributed by atoms with Crippen LogP contribution < -0.4 is 10.1 Å². The summed E-state index contributed by atoms with van der Waals surface area (Å²) in [7, 11) is 0. The van der Waals surface area contributed by atoms with Gasteiger partial charge in [0.1, 0.15) is 5.69 Å². The van der Waals surface area contributed by atoms with Gasteiger partial charge >= 0.3 is 6.18 Å². The Balaban J connectivity index is 1.71. The van der Waals surface area contributed by atoms with Crippen molar-refractivity contribution in [2.24, 2.45) is 0 Å². The molecule has 0 radical (unpaired) electrons. The van der Waals surface area contributed by atoms with Crippen LogP contribution in [0.4, 0.5) is 13.2 Å². The molecular weight excluding hydrogens is 417 g/mol. The number of aliphatic hydroxyl groups is 1. The normalized spacial score (nSPS) is 13.3. The third kappa shape index (κ3) is 5.48. The Hall–Kier alpha value is -3.21. The number of nitrogens with zero attached hydrogens (tertiary/aromatic N) is 3. The van der Waals surface area contributed by atoms with Crippen molar-refractivity contribution in [2.75, 3.05) is 19.8 Å². The average Bonchev–Trinajstić information content (AvgIpc) is 3.02. The number of amides is 2. The number of alkyl halides is 3. The van der Waals surface area contributed by atoms with E-state index in [1.807, 2.05) is 0 Å². The Kier molecular flexibility index (Phi) is 6.74. The van der Waals surface area contributed by atoms with Crippen molar-refractivity contribution in [2.45, 2.75) is 32.6 Å². The van der Waals surface area contributed by atoms with Gasteiger partial charge in [0.25, 0.3) is 11.8 Å². The average molecular weight is 438 g/mol. The molecule has 1 aliphatic heterocycles. The standard InChI is InChI=1S/C20H21F3N4O4/c1-12-7-13(8-26-18(12)31-11-20(21,22)23)9-27-10-15-14(19(27)30)3-5-24-16(15)17(29)25-4-2-6-28/h3,5,7-8,28H,2,4,6,9-11H2,1H3,(H,25,29). The van der Waals surface area contributed by atoms with E-state index >= 15 is 0 Å². The van der Waals surface area contributed by atoms with E-state index in [0.717, 1.165) is 0 Å². The fourth-order valence-corrected chi connectivity index (χ4v) is 3.20. The second-order valence-corrected chi connectivity index (χ2v) is 7.05. The van der Waals surface area contributed by atoms with Gasteiger partial charge < -0.3 is 20.1 Å². The number of pyridine rings is 2. The minimum Gasteiger partial charge on any atom is -0.468 e. The van der Waals surface area contributed by atoms with Gasteiger partial charge in [0.05, 0.1) is 0 Å². The molecule has 0 spiro atoms. The molecule has 3 rings (SSSR count). The van der Waals surface area contributed by atoms with Gasteiger partial charge in [-0.15, -0.1) is 0 Å². The quantitative estimate of drug-likeness (QED) is 0.611. The first-order valence-corrected chi connectivity index (χ1v) is 9.51. The monoisotopic (exact) mass is 438 g/mol. The van der Waals surface area contributed by atoms with Crippen molar-refractivity contribution in [1.82, 2.24) is 20.2 Å². The smallest absolute Gasteiger partial charge is 0.422 e. The van der Waals surface area contributed by atoms with Crippen LogP contribution in [0.5, 0.6) is 5.88 Å². The first kappa shape index (κ1) is 22.5. The predicted molar refractivity (Wildman–Crippen MR) is 102 cm³/mol. The molecule has 0 bridgehead atoms. The van der Waals surface area contributed by atoms with E-state index in [-0.39, 0.29) is 43.7 Å². The SMILES string of the molecule is Cc1cc(CN2Cc3c(ccnc3C(=O)NCCCO)C2=O)cnc1OCC(F)(F)F. The summed E-state index contributed by atoms with van der Waals surface area (Å²) in [5.41, 5.74) is 2.05. The lowest BCUT2D eigenvalue weighted by molar-refractivity contribution is -0.154. The van der Waals surface area contributed by atoms with Gasteiger partial charge in [0.2, 0.25) is 5.88 Å². The molecule has 2 aromatic heterocycles. The highest BCUT2D eigenvalue weighted by Gasteiger charge is 2.32. The van der Waals surface area contributed by atoms with Gasteiger partial charge in [-0.2, -0.15) is 13.2 Å². The molecule has 2 aromatic rings. The molecule has 0 atom stereocenters. The minimum absolute atomic E-state index is 0.0552. The molecular formula is C20H21F3N4O4. The number of hydrogen-bond donors (Lipinski definition) is 2. The summed E-state index contributed by atoms with van der Waals surface area (Å²) >= 11 is 0. The molecule has 0 fully saturated rings. The van der Waals surface area contributed by atoms with E-state index in [9.17, 15) is 22.8 Å². The number of hydrogen-bond acceptors (Lipinski definition) is 6. The van der Waals surface area contributed by atoms with Gasteiger partial charge in [-0.05, 0) is 31.0 Å². The molecule has 31 heavy (non-hydrogen) atoms. The zero-order valence-electron chi connectivity index (χ0n) is 16.7. The summed E-state index contributed by atoms with van der Waals surface area (Å²) in [6, 6.07) is 3.15. The largest absolute Gasteiger partial charge is 0.468 e. The maximum absolute atomic E-state index is 12.8. The van der Waals surface area contributed by atoms with Crippen molar-refractivity contribution in [1.29, 1.82) is 0 Å². The molecule has 3 heterocycles. The van der Waals surface area contributed by atoms with Crippen LogP contribution in [0.15, 0.2) is 24.5 Å². The van der Waals surface area contributed by atoms with Crippen LogP contribution in [0, 0.1) is 6.92 Å². The number of carbonyl (C=O) groups excluding carboxylic acids is 2. The molecule has 166 valence electrons. The fraction of sp³-hybridized carbons (Fsp3) is 0.400. The van der Waals surface area contributed by atoms with E-state index in [4.69, 9.17) is 9.84 Å². The maximum Gasteiger partial charge on any atom is 0.422 e. The van der Waals surface area contributed by atoms with Crippen LogP contribution in [-0.2, 0) is 13.1 Å². The number of aromatic nitrogens is 2. The molecule has 2 amide bonds. The minimum atomic E-state index is -4.46. The van der Waals surface area contributed by atoms with Crippen LogP contribution >= 0.6 is 0 Å². The molecule has 0 unspecified atom stereocenters. The highest BCUT2D eigenvalue weighted by molar-refractivity contribution is 6.03. The van der Waals surface area contributed by atoms with Crippen LogP contribution in [-0.4, -0.2) is 57.7 Å². The molecule has 11 heteroatoms. The maximum atomic E-state index is 12.8. The molecule has 1 aliphatic rings. The van der Waals surface area contributed by atoms with Gasteiger partial charge in [-0.3, -0.25) is 14.6 Å². The Bertz CT molecular complexity index is 981. The summed E-state index contributed by atoms with van der Waals surface area (Å²) < 4.78 is 41.7. The lowest BCUT2D eigenvalue weighted by Crippen LogP contribution is -2.27. The number of halogens is 3.